The van der Waals surface area contributed by atoms with Crippen LogP contribution in [0.1, 0.15) is 144 Å². The average Bonchev–Trinajstić information content (AvgIpc) is 2.79. The first-order valence-electron chi connectivity index (χ1n) is 13.5. The molecule has 33 heavy (non-hydrogen) atoms. The number of unbranched alkanes of at least 4 members (excludes halogenated alkanes) is 11. The molecule has 0 heterocycles. The van der Waals surface area contributed by atoms with E-state index in [9.17, 15) is 14.7 Å². The number of carbonyl (C=O) groups excluding carboxylic acids is 1. The minimum atomic E-state index is -1.09. The highest BCUT2D eigenvalue weighted by atomic mass is 16.5. The summed E-state index contributed by atoms with van der Waals surface area (Å²) in [6.45, 7) is 6.76. The van der Waals surface area contributed by atoms with Gasteiger partial charge in [0.2, 0.25) is 0 Å². The lowest BCUT2D eigenvalue weighted by molar-refractivity contribution is 0.0244. The quantitative estimate of drug-likeness (QED) is 0.156. The van der Waals surface area contributed by atoms with Crippen LogP contribution in [0.3, 0.4) is 0 Å². The molecule has 0 amide bonds. The molecular weight excluding hydrogens is 412 g/mol. The van der Waals surface area contributed by atoms with Crippen molar-refractivity contribution in [2.24, 2.45) is 5.92 Å². The van der Waals surface area contributed by atoms with Crippen LogP contribution in [0.15, 0.2) is 24.3 Å². The van der Waals surface area contributed by atoms with Crippen molar-refractivity contribution in [3.05, 3.63) is 35.4 Å². The molecule has 0 aromatic heterocycles. The predicted molar refractivity (Wildman–Crippen MR) is 137 cm³/mol. The third-order valence-corrected chi connectivity index (χ3v) is 6.34. The van der Waals surface area contributed by atoms with Crippen LogP contribution in [0.4, 0.5) is 0 Å². The van der Waals surface area contributed by atoms with Gasteiger partial charge in [-0.15, -0.1) is 0 Å². The van der Waals surface area contributed by atoms with E-state index in [4.69, 9.17) is 4.74 Å². The van der Waals surface area contributed by atoms with Crippen molar-refractivity contribution in [2.75, 3.05) is 0 Å². The van der Waals surface area contributed by atoms with Crippen molar-refractivity contribution in [1.82, 2.24) is 0 Å². The molecule has 1 atom stereocenters. The van der Waals surface area contributed by atoms with Gasteiger partial charge in [-0.1, -0.05) is 110 Å². The summed E-state index contributed by atoms with van der Waals surface area (Å²) in [5, 5.41) is 9.40. The summed E-state index contributed by atoms with van der Waals surface area (Å²) in [6.07, 6.45) is 18.9. The first-order chi connectivity index (χ1) is 16.0. The Morgan fingerprint density at radius 2 is 1.18 bits per heavy atom. The van der Waals surface area contributed by atoms with E-state index in [0.717, 1.165) is 38.0 Å². The zero-order valence-corrected chi connectivity index (χ0v) is 21.4. The molecule has 0 spiro atoms. The van der Waals surface area contributed by atoms with Gasteiger partial charge in [-0.25, -0.2) is 9.59 Å². The molecule has 0 aliphatic rings. The Hall–Kier alpha value is -1.84. The molecular formula is C29H48O4. The van der Waals surface area contributed by atoms with Gasteiger partial charge in [-0.2, -0.15) is 0 Å². The predicted octanol–water partition coefficient (Wildman–Crippen LogP) is 8.83. The molecule has 1 unspecified atom stereocenters. The van der Waals surface area contributed by atoms with E-state index in [2.05, 4.69) is 20.8 Å². The maximum Gasteiger partial charge on any atom is 0.339 e. The number of benzene rings is 1. The van der Waals surface area contributed by atoms with Gasteiger partial charge >= 0.3 is 11.9 Å². The SMILES string of the molecule is CCCCCCCCCCCC(CCCCCCC(C)C)OC(=O)c1ccccc1C(=O)O. The van der Waals surface area contributed by atoms with Gasteiger partial charge in [-0.05, 0) is 43.7 Å². The fraction of sp³-hybridized carbons (Fsp3) is 0.724. The number of ether oxygens (including phenoxy) is 1. The van der Waals surface area contributed by atoms with Crippen molar-refractivity contribution >= 4 is 11.9 Å². The van der Waals surface area contributed by atoms with E-state index in [1.165, 1.54) is 76.7 Å². The molecule has 1 N–H and O–H groups in total. The number of carboxylic acids is 1. The van der Waals surface area contributed by atoms with Crippen molar-refractivity contribution in [2.45, 2.75) is 130 Å². The highest BCUT2D eigenvalue weighted by Gasteiger charge is 2.20. The Labute approximate surface area is 202 Å². The largest absolute Gasteiger partial charge is 0.478 e. The van der Waals surface area contributed by atoms with Crippen LogP contribution < -0.4 is 0 Å². The van der Waals surface area contributed by atoms with Crippen LogP contribution in [0.25, 0.3) is 0 Å². The van der Waals surface area contributed by atoms with Crippen LogP contribution in [0.5, 0.6) is 0 Å². The Bertz CT molecular complexity index is 653. The summed E-state index contributed by atoms with van der Waals surface area (Å²) < 4.78 is 5.84. The number of esters is 1. The molecule has 0 fully saturated rings. The minimum Gasteiger partial charge on any atom is -0.478 e. The van der Waals surface area contributed by atoms with Crippen molar-refractivity contribution in [3.63, 3.8) is 0 Å². The Balaban J connectivity index is 2.48. The third-order valence-electron chi connectivity index (χ3n) is 6.34. The smallest absolute Gasteiger partial charge is 0.339 e. The normalized spacial score (nSPS) is 12.1. The number of hydrogen-bond acceptors (Lipinski definition) is 3. The standard InChI is InChI=1S/C29H48O4/c1-4-5-6-7-8-9-10-11-15-20-25(21-16-13-12-14-19-24(2)3)33-29(32)27-23-18-17-22-26(27)28(30)31/h17-18,22-25H,4-16,19-21H2,1-3H3,(H,30,31). The van der Waals surface area contributed by atoms with Gasteiger partial charge in [0.15, 0.2) is 0 Å². The summed E-state index contributed by atoms with van der Waals surface area (Å²) in [7, 11) is 0. The summed E-state index contributed by atoms with van der Waals surface area (Å²) in [5.41, 5.74) is 0.164. The Kier molecular flexibility index (Phi) is 16.4. The zero-order chi connectivity index (χ0) is 24.3. The highest BCUT2D eigenvalue weighted by molar-refractivity contribution is 6.02. The first-order valence-corrected chi connectivity index (χ1v) is 13.5. The number of carboxylic acid groups (broad SMARTS) is 1. The van der Waals surface area contributed by atoms with Gasteiger partial charge in [0.25, 0.3) is 0 Å². The summed E-state index contributed by atoms with van der Waals surface area (Å²) >= 11 is 0. The van der Waals surface area contributed by atoms with E-state index >= 15 is 0 Å². The summed E-state index contributed by atoms with van der Waals surface area (Å²) in [4.78, 5) is 24.2. The minimum absolute atomic E-state index is 0.0120. The molecule has 0 saturated carbocycles. The van der Waals surface area contributed by atoms with Gasteiger partial charge in [0.05, 0.1) is 11.1 Å². The maximum absolute atomic E-state index is 12.8. The van der Waals surface area contributed by atoms with Crippen LogP contribution in [-0.2, 0) is 4.74 Å². The number of aromatic carboxylic acids is 1. The second-order valence-electron chi connectivity index (χ2n) is 9.88. The summed E-state index contributed by atoms with van der Waals surface area (Å²) in [5.74, 6) is -0.850. The second kappa shape index (κ2) is 18.6. The van der Waals surface area contributed by atoms with E-state index in [1.807, 2.05) is 0 Å². The van der Waals surface area contributed by atoms with E-state index in [-0.39, 0.29) is 17.2 Å². The first kappa shape index (κ1) is 29.2. The van der Waals surface area contributed by atoms with Gasteiger partial charge in [0.1, 0.15) is 6.10 Å². The molecule has 0 radical (unpaired) electrons. The van der Waals surface area contributed by atoms with Crippen molar-refractivity contribution in [1.29, 1.82) is 0 Å². The van der Waals surface area contributed by atoms with Crippen molar-refractivity contribution in [3.8, 4) is 0 Å². The molecule has 1 aromatic carbocycles. The van der Waals surface area contributed by atoms with Gasteiger partial charge < -0.3 is 9.84 Å². The van der Waals surface area contributed by atoms with E-state index < -0.39 is 11.9 Å². The molecule has 1 rings (SSSR count). The van der Waals surface area contributed by atoms with Crippen LogP contribution in [0, 0.1) is 5.92 Å². The van der Waals surface area contributed by atoms with E-state index in [1.54, 1.807) is 18.2 Å². The van der Waals surface area contributed by atoms with Gasteiger partial charge in [0, 0.05) is 0 Å². The van der Waals surface area contributed by atoms with Gasteiger partial charge in [-0.3, -0.25) is 0 Å². The second-order valence-corrected chi connectivity index (χ2v) is 9.88. The fourth-order valence-electron chi connectivity index (χ4n) is 4.29. The number of hydrogen-bond donors (Lipinski definition) is 1. The van der Waals surface area contributed by atoms with Crippen LogP contribution in [0.2, 0.25) is 0 Å². The molecule has 1 aromatic rings. The Morgan fingerprint density at radius 3 is 1.67 bits per heavy atom. The topological polar surface area (TPSA) is 63.6 Å². The Morgan fingerprint density at radius 1 is 0.727 bits per heavy atom. The fourth-order valence-corrected chi connectivity index (χ4v) is 4.29. The lowest BCUT2D eigenvalue weighted by Gasteiger charge is -2.19. The number of rotatable bonds is 20. The molecule has 4 heteroatoms. The number of carbonyl (C=O) groups is 2. The molecule has 188 valence electrons. The van der Waals surface area contributed by atoms with Crippen LogP contribution in [-0.4, -0.2) is 23.1 Å². The molecule has 0 aliphatic heterocycles. The monoisotopic (exact) mass is 460 g/mol. The third kappa shape index (κ3) is 14.1. The van der Waals surface area contributed by atoms with E-state index in [0.29, 0.717) is 0 Å². The summed E-state index contributed by atoms with van der Waals surface area (Å²) in [6, 6.07) is 6.33. The maximum atomic E-state index is 12.8. The molecule has 0 saturated heterocycles. The van der Waals surface area contributed by atoms with Crippen LogP contribution >= 0.6 is 0 Å². The highest BCUT2D eigenvalue weighted by Crippen LogP contribution is 2.20. The lowest BCUT2D eigenvalue weighted by Crippen LogP contribution is -2.20. The molecule has 4 nitrogen and oxygen atoms in total. The molecule has 0 bridgehead atoms. The van der Waals surface area contributed by atoms with Crippen molar-refractivity contribution < 1.29 is 19.4 Å². The lowest BCUT2D eigenvalue weighted by atomic mass is 10.00. The molecule has 0 aliphatic carbocycles. The average molecular weight is 461 g/mol. The zero-order valence-electron chi connectivity index (χ0n) is 21.4.